The van der Waals surface area contributed by atoms with Crippen LogP contribution < -0.4 is 10.6 Å². The van der Waals surface area contributed by atoms with Gasteiger partial charge in [0.15, 0.2) is 0 Å². The summed E-state index contributed by atoms with van der Waals surface area (Å²) in [5.41, 5.74) is 2.69. The third-order valence-corrected chi connectivity index (χ3v) is 4.68. The summed E-state index contributed by atoms with van der Waals surface area (Å²) in [6, 6.07) is 18.2. The molecular formula is C23H31N3O2. The van der Waals surface area contributed by atoms with Crippen molar-refractivity contribution < 1.29 is 9.59 Å². The van der Waals surface area contributed by atoms with E-state index < -0.39 is 0 Å². The van der Waals surface area contributed by atoms with Gasteiger partial charge >= 0.3 is 0 Å². The zero-order valence-corrected chi connectivity index (χ0v) is 17.2. The van der Waals surface area contributed by atoms with Crippen molar-refractivity contribution in [1.82, 2.24) is 15.5 Å². The Morgan fingerprint density at radius 2 is 1.39 bits per heavy atom. The number of rotatable bonds is 9. The number of carbonyl (C=O) groups is 2. The maximum absolute atomic E-state index is 12.3. The number of nitrogens with one attached hydrogen (secondary N) is 2. The van der Waals surface area contributed by atoms with Crippen LogP contribution in [0.2, 0.25) is 0 Å². The molecule has 150 valence electrons. The van der Waals surface area contributed by atoms with E-state index in [2.05, 4.69) is 43.2 Å². The molecule has 0 saturated carbocycles. The Morgan fingerprint density at radius 1 is 0.821 bits per heavy atom. The number of hydrogen-bond acceptors (Lipinski definition) is 3. The Hall–Kier alpha value is -2.66. The molecule has 0 aliphatic carbocycles. The molecule has 0 spiro atoms. The van der Waals surface area contributed by atoms with Crippen LogP contribution in [0.3, 0.4) is 0 Å². The molecule has 0 atom stereocenters. The van der Waals surface area contributed by atoms with E-state index in [-0.39, 0.29) is 18.4 Å². The summed E-state index contributed by atoms with van der Waals surface area (Å²) >= 11 is 0. The minimum atomic E-state index is -0.249. The van der Waals surface area contributed by atoms with Gasteiger partial charge in [0.05, 0.1) is 6.54 Å². The Labute approximate surface area is 168 Å². The van der Waals surface area contributed by atoms with Gasteiger partial charge in [-0.3, -0.25) is 14.5 Å². The molecule has 2 amide bonds. The van der Waals surface area contributed by atoms with Crippen LogP contribution >= 0.6 is 0 Å². The summed E-state index contributed by atoms with van der Waals surface area (Å²) in [5.74, 6) is -0.428. The maximum atomic E-state index is 12.3. The fraction of sp³-hybridized carbons (Fsp3) is 0.391. The predicted octanol–water partition coefficient (Wildman–Crippen LogP) is 3.32. The van der Waals surface area contributed by atoms with E-state index in [1.54, 1.807) is 12.1 Å². The van der Waals surface area contributed by atoms with Crippen LogP contribution in [-0.4, -0.2) is 48.4 Å². The molecule has 0 aliphatic rings. The van der Waals surface area contributed by atoms with Gasteiger partial charge in [-0.05, 0) is 51.0 Å². The number of benzene rings is 2. The molecule has 28 heavy (non-hydrogen) atoms. The van der Waals surface area contributed by atoms with E-state index >= 15 is 0 Å². The SMILES string of the molecule is CC(C)N(CCNC(=O)CNC(=O)c1ccc(-c2ccccc2)cc1)C(C)C. The maximum Gasteiger partial charge on any atom is 0.251 e. The molecule has 0 aliphatic heterocycles. The molecule has 2 rings (SSSR count). The Balaban J connectivity index is 1.78. The summed E-state index contributed by atoms with van der Waals surface area (Å²) in [7, 11) is 0. The molecule has 0 unspecified atom stereocenters. The average molecular weight is 382 g/mol. The van der Waals surface area contributed by atoms with Gasteiger partial charge in [-0.15, -0.1) is 0 Å². The summed E-state index contributed by atoms with van der Waals surface area (Å²) in [5, 5.41) is 5.54. The van der Waals surface area contributed by atoms with Gasteiger partial charge in [-0.1, -0.05) is 42.5 Å². The first-order chi connectivity index (χ1) is 13.4. The van der Waals surface area contributed by atoms with E-state index in [0.717, 1.165) is 17.7 Å². The second-order valence-electron chi connectivity index (χ2n) is 7.40. The van der Waals surface area contributed by atoms with E-state index in [0.29, 0.717) is 24.2 Å². The van der Waals surface area contributed by atoms with E-state index in [1.165, 1.54) is 0 Å². The summed E-state index contributed by atoms with van der Waals surface area (Å²) in [4.78, 5) is 26.6. The smallest absolute Gasteiger partial charge is 0.251 e. The minimum absolute atomic E-state index is 0.0252. The predicted molar refractivity (Wildman–Crippen MR) is 114 cm³/mol. The van der Waals surface area contributed by atoms with Crippen molar-refractivity contribution in [2.45, 2.75) is 39.8 Å². The van der Waals surface area contributed by atoms with Crippen LogP contribution in [0.25, 0.3) is 11.1 Å². The second-order valence-corrected chi connectivity index (χ2v) is 7.40. The minimum Gasteiger partial charge on any atom is -0.353 e. The molecule has 0 saturated heterocycles. The first-order valence-electron chi connectivity index (χ1n) is 9.84. The molecule has 2 N–H and O–H groups in total. The molecule has 0 bridgehead atoms. The van der Waals surface area contributed by atoms with Crippen molar-refractivity contribution in [3.8, 4) is 11.1 Å². The monoisotopic (exact) mass is 381 g/mol. The molecule has 0 aromatic heterocycles. The summed E-state index contributed by atoms with van der Waals surface area (Å²) in [6.07, 6.45) is 0. The first kappa shape index (κ1) is 21.6. The van der Waals surface area contributed by atoms with Crippen LogP contribution in [0.1, 0.15) is 38.1 Å². The zero-order chi connectivity index (χ0) is 20.5. The molecular weight excluding hydrogens is 350 g/mol. The lowest BCUT2D eigenvalue weighted by molar-refractivity contribution is -0.120. The van der Waals surface area contributed by atoms with Crippen LogP contribution in [0.5, 0.6) is 0 Å². The quantitative estimate of drug-likeness (QED) is 0.700. The lowest BCUT2D eigenvalue weighted by Crippen LogP contribution is -2.44. The Morgan fingerprint density at radius 3 is 1.96 bits per heavy atom. The van der Waals surface area contributed by atoms with Crippen molar-refractivity contribution in [3.05, 3.63) is 60.2 Å². The highest BCUT2D eigenvalue weighted by molar-refractivity contribution is 5.96. The van der Waals surface area contributed by atoms with E-state index in [9.17, 15) is 9.59 Å². The summed E-state index contributed by atoms with van der Waals surface area (Å²) < 4.78 is 0. The lowest BCUT2D eigenvalue weighted by Gasteiger charge is -2.30. The summed E-state index contributed by atoms with van der Waals surface area (Å²) in [6.45, 7) is 9.90. The zero-order valence-electron chi connectivity index (χ0n) is 17.2. The van der Waals surface area contributed by atoms with E-state index in [1.807, 2.05) is 42.5 Å². The number of carbonyl (C=O) groups excluding carboxylic acids is 2. The third-order valence-electron chi connectivity index (χ3n) is 4.68. The Bertz CT molecular complexity index is 747. The van der Waals surface area contributed by atoms with Gasteiger partial charge in [0.25, 0.3) is 5.91 Å². The van der Waals surface area contributed by atoms with Crippen LogP contribution in [0.15, 0.2) is 54.6 Å². The first-order valence-corrected chi connectivity index (χ1v) is 9.84. The van der Waals surface area contributed by atoms with Crippen molar-refractivity contribution in [2.24, 2.45) is 0 Å². The van der Waals surface area contributed by atoms with Gasteiger partial charge in [0, 0.05) is 30.7 Å². The standard InChI is InChI=1S/C23H31N3O2/c1-17(2)26(18(3)4)15-14-24-22(27)16-25-23(28)21-12-10-20(11-13-21)19-8-6-5-7-9-19/h5-13,17-18H,14-16H2,1-4H3,(H,24,27)(H,25,28). The molecule has 0 heterocycles. The van der Waals surface area contributed by atoms with Gasteiger partial charge in [-0.25, -0.2) is 0 Å². The highest BCUT2D eigenvalue weighted by Gasteiger charge is 2.13. The molecule has 0 fully saturated rings. The van der Waals surface area contributed by atoms with Gasteiger partial charge in [0.2, 0.25) is 5.91 Å². The van der Waals surface area contributed by atoms with Crippen LogP contribution in [-0.2, 0) is 4.79 Å². The topological polar surface area (TPSA) is 61.4 Å². The van der Waals surface area contributed by atoms with Crippen molar-refractivity contribution in [2.75, 3.05) is 19.6 Å². The van der Waals surface area contributed by atoms with Crippen LogP contribution in [0, 0.1) is 0 Å². The molecule has 2 aromatic rings. The third kappa shape index (κ3) is 6.50. The van der Waals surface area contributed by atoms with Gasteiger partial charge < -0.3 is 10.6 Å². The highest BCUT2D eigenvalue weighted by Crippen LogP contribution is 2.19. The lowest BCUT2D eigenvalue weighted by atomic mass is 10.0. The molecule has 0 radical (unpaired) electrons. The van der Waals surface area contributed by atoms with Crippen molar-refractivity contribution in [1.29, 1.82) is 0 Å². The van der Waals surface area contributed by atoms with Gasteiger partial charge in [-0.2, -0.15) is 0 Å². The number of nitrogens with zero attached hydrogens (tertiary/aromatic N) is 1. The normalized spacial score (nSPS) is 11.1. The van der Waals surface area contributed by atoms with E-state index in [4.69, 9.17) is 0 Å². The fourth-order valence-electron chi connectivity index (χ4n) is 3.21. The highest BCUT2D eigenvalue weighted by atomic mass is 16.2. The van der Waals surface area contributed by atoms with Gasteiger partial charge in [0.1, 0.15) is 0 Å². The van der Waals surface area contributed by atoms with Crippen molar-refractivity contribution >= 4 is 11.8 Å². The average Bonchev–Trinajstić information content (AvgIpc) is 2.69. The molecule has 2 aromatic carbocycles. The fourth-order valence-corrected chi connectivity index (χ4v) is 3.21. The molecule has 5 nitrogen and oxygen atoms in total. The Kier molecular flexibility index (Phi) is 8.20. The van der Waals surface area contributed by atoms with Crippen LogP contribution in [0.4, 0.5) is 0 Å². The number of amides is 2. The largest absolute Gasteiger partial charge is 0.353 e. The molecule has 5 heteroatoms. The number of hydrogen-bond donors (Lipinski definition) is 2. The second kappa shape index (κ2) is 10.6. The van der Waals surface area contributed by atoms with Crippen molar-refractivity contribution in [3.63, 3.8) is 0 Å².